The summed E-state index contributed by atoms with van der Waals surface area (Å²) in [6.45, 7) is 4.01. The van der Waals surface area contributed by atoms with Crippen LogP contribution in [0.1, 0.15) is 23.1 Å². The highest BCUT2D eigenvalue weighted by molar-refractivity contribution is 9.10. The average molecular weight is 339 g/mol. The van der Waals surface area contributed by atoms with Gasteiger partial charge in [-0.15, -0.1) is 0 Å². The molecule has 0 fully saturated rings. The molecule has 0 saturated carbocycles. The highest BCUT2D eigenvalue weighted by atomic mass is 79.9. The first-order valence-corrected chi connectivity index (χ1v) is 6.95. The third-order valence-electron chi connectivity index (χ3n) is 2.76. The minimum absolute atomic E-state index is 0.117. The van der Waals surface area contributed by atoms with Crippen molar-refractivity contribution in [3.05, 3.63) is 34.2 Å². The van der Waals surface area contributed by atoms with Crippen LogP contribution in [-0.2, 0) is 4.79 Å². The van der Waals surface area contributed by atoms with Gasteiger partial charge in [0.05, 0.1) is 5.69 Å². The van der Waals surface area contributed by atoms with E-state index in [1.165, 1.54) is 6.92 Å². The number of nitrogens with zero attached hydrogens (tertiary/aromatic N) is 2. The molecule has 0 aliphatic heterocycles. The molecule has 0 saturated heterocycles. The summed E-state index contributed by atoms with van der Waals surface area (Å²) in [5, 5.41) is 5.39. The normalized spacial score (nSPS) is 10.6. The lowest BCUT2D eigenvalue weighted by atomic mass is 10.3. The maximum atomic E-state index is 12.2. The van der Waals surface area contributed by atoms with E-state index >= 15 is 0 Å². The van der Waals surface area contributed by atoms with Gasteiger partial charge in [0.25, 0.3) is 5.91 Å². The lowest BCUT2D eigenvalue weighted by Crippen LogP contribution is -2.34. The minimum Gasteiger partial charge on any atom is -0.355 e. The van der Waals surface area contributed by atoms with Crippen LogP contribution < -0.4 is 10.6 Å². The Hall–Kier alpha value is -1.89. The van der Waals surface area contributed by atoms with Crippen LogP contribution in [0, 0.1) is 6.92 Å². The van der Waals surface area contributed by atoms with Crippen molar-refractivity contribution in [1.82, 2.24) is 20.0 Å². The second-order valence-corrected chi connectivity index (χ2v) is 5.28. The molecule has 0 atom stereocenters. The Morgan fingerprint density at radius 2 is 2.00 bits per heavy atom. The number of rotatable bonds is 4. The zero-order valence-electron chi connectivity index (χ0n) is 11.2. The SMILES string of the molecule is CC(=O)NCCNC(=O)c1c(C)nc2ccc(Br)cn12. The molecule has 0 bridgehead atoms. The molecule has 20 heavy (non-hydrogen) atoms. The number of hydrogen-bond donors (Lipinski definition) is 2. The zero-order valence-corrected chi connectivity index (χ0v) is 12.8. The summed E-state index contributed by atoms with van der Waals surface area (Å²) in [5.74, 6) is -0.326. The number of aromatic nitrogens is 2. The molecule has 2 aromatic heterocycles. The van der Waals surface area contributed by atoms with Gasteiger partial charge in [-0.3, -0.25) is 14.0 Å². The van der Waals surface area contributed by atoms with Crippen LogP contribution in [0.2, 0.25) is 0 Å². The Bertz CT molecular complexity index is 666. The number of hydrogen-bond acceptors (Lipinski definition) is 3. The van der Waals surface area contributed by atoms with Crippen molar-refractivity contribution in [1.29, 1.82) is 0 Å². The van der Waals surface area contributed by atoms with Crippen molar-refractivity contribution in [2.24, 2.45) is 0 Å². The van der Waals surface area contributed by atoms with Gasteiger partial charge >= 0.3 is 0 Å². The number of carbonyl (C=O) groups excluding carboxylic acids is 2. The molecular formula is C13H15BrN4O2. The zero-order chi connectivity index (χ0) is 14.7. The van der Waals surface area contributed by atoms with Crippen LogP contribution in [-0.4, -0.2) is 34.3 Å². The summed E-state index contributed by atoms with van der Waals surface area (Å²) in [4.78, 5) is 27.3. The number of halogens is 1. The Morgan fingerprint density at radius 1 is 1.30 bits per heavy atom. The largest absolute Gasteiger partial charge is 0.355 e. The maximum absolute atomic E-state index is 12.2. The first-order chi connectivity index (χ1) is 9.49. The van der Waals surface area contributed by atoms with Crippen LogP contribution in [0.4, 0.5) is 0 Å². The van der Waals surface area contributed by atoms with E-state index in [4.69, 9.17) is 0 Å². The summed E-state index contributed by atoms with van der Waals surface area (Å²) in [6, 6.07) is 3.71. The van der Waals surface area contributed by atoms with E-state index in [9.17, 15) is 9.59 Å². The number of amides is 2. The molecule has 0 radical (unpaired) electrons. The van der Waals surface area contributed by atoms with Gasteiger partial charge in [0, 0.05) is 30.7 Å². The lowest BCUT2D eigenvalue weighted by molar-refractivity contribution is -0.118. The summed E-state index contributed by atoms with van der Waals surface area (Å²) >= 11 is 3.38. The van der Waals surface area contributed by atoms with Crippen molar-refractivity contribution in [2.75, 3.05) is 13.1 Å². The molecule has 7 heteroatoms. The number of carbonyl (C=O) groups is 2. The number of fused-ring (bicyclic) bond motifs is 1. The summed E-state index contributed by atoms with van der Waals surface area (Å²) in [7, 11) is 0. The standard InChI is InChI=1S/C13H15BrN4O2/c1-8-12(13(20)16-6-5-15-9(2)19)18-7-10(14)3-4-11(18)17-8/h3-4,7H,5-6H2,1-2H3,(H,15,19)(H,16,20). The van der Waals surface area contributed by atoms with E-state index < -0.39 is 0 Å². The fourth-order valence-electron chi connectivity index (χ4n) is 1.91. The molecule has 2 rings (SSSR count). The van der Waals surface area contributed by atoms with E-state index in [0.29, 0.717) is 24.5 Å². The molecule has 6 nitrogen and oxygen atoms in total. The number of pyridine rings is 1. The molecule has 0 unspecified atom stereocenters. The second kappa shape index (κ2) is 6.04. The quantitative estimate of drug-likeness (QED) is 0.824. The molecule has 0 aromatic carbocycles. The molecule has 0 aliphatic rings. The first kappa shape index (κ1) is 14.5. The third kappa shape index (κ3) is 3.16. The minimum atomic E-state index is -0.210. The number of imidazole rings is 1. The molecule has 2 N–H and O–H groups in total. The second-order valence-electron chi connectivity index (χ2n) is 4.36. The first-order valence-electron chi connectivity index (χ1n) is 6.16. The van der Waals surface area contributed by atoms with Crippen LogP contribution in [0.25, 0.3) is 5.65 Å². The lowest BCUT2D eigenvalue weighted by Gasteiger charge is -2.06. The van der Waals surface area contributed by atoms with Crippen molar-refractivity contribution < 1.29 is 9.59 Å². The molecule has 0 spiro atoms. The van der Waals surface area contributed by atoms with Crippen LogP contribution in [0.5, 0.6) is 0 Å². The monoisotopic (exact) mass is 338 g/mol. The Balaban J connectivity index is 2.15. The Morgan fingerprint density at radius 3 is 2.70 bits per heavy atom. The molecule has 2 amide bonds. The maximum Gasteiger partial charge on any atom is 0.270 e. The average Bonchev–Trinajstić information content (AvgIpc) is 2.69. The molecule has 0 aliphatic carbocycles. The van der Waals surface area contributed by atoms with Gasteiger partial charge in [-0.1, -0.05) is 0 Å². The van der Waals surface area contributed by atoms with Gasteiger partial charge in [0.1, 0.15) is 11.3 Å². The van der Waals surface area contributed by atoms with Crippen LogP contribution in [0.15, 0.2) is 22.8 Å². The topological polar surface area (TPSA) is 75.5 Å². The van der Waals surface area contributed by atoms with E-state index in [0.717, 1.165) is 10.1 Å². The highest BCUT2D eigenvalue weighted by Gasteiger charge is 2.16. The van der Waals surface area contributed by atoms with Crippen molar-refractivity contribution in [2.45, 2.75) is 13.8 Å². The van der Waals surface area contributed by atoms with Crippen molar-refractivity contribution in [3.8, 4) is 0 Å². The summed E-state index contributed by atoms with van der Waals surface area (Å²) in [5.41, 5.74) is 1.89. The highest BCUT2D eigenvalue weighted by Crippen LogP contribution is 2.16. The smallest absolute Gasteiger partial charge is 0.270 e. The molecule has 2 aromatic rings. The Labute approximate surface area is 124 Å². The Kier molecular flexibility index (Phi) is 4.39. The summed E-state index contributed by atoms with van der Waals surface area (Å²) < 4.78 is 2.61. The van der Waals surface area contributed by atoms with E-state index in [1.807, 2.05) is 12.1 Å². The van der Waals surface area contributed by atoms with Crippen molar-refractivity contribution in [3.63, 3.8) is 0 Å². The van der Waals surface area contributed by atoms with Crippen molar-refractivity contribution >= 4 is 33.4 Å². The van der Waals surface area contributed by atoms with Gasteiger partial charge in [0.15, 0.2) is 0 Å². The number of nitrogens with one attached hydrogen (secondary N) is 2. The molecule has 106 valence electrons. The van der Waals surface area contributed by atoms with Gasteiger partial charge in [-0.25, -0.2) is 4.98 Å². The van der Waals surface area contributed by atoms with Gasteiger partial charge < -0.3 is 10.6 Å². The fourth-order valence-corrected chi connectivity index (χ4v) is 2.25. The van der Waals surface area contributed by atoms with E-state index in [1.54, 1.807) is 17.5 Å². The molecular weight excluding hydrogens is 324 g/mol. The third-order valence-corrected chi connectivity index (χ3v) is 3.23. The van der Waals surface area contributed by atoms with Gasteiger partial charge in [0.2, 0.25) is 5.91 Å². The predicted octanol–water partition coefficient (Wildman–Crippen LogP) is 1.27. The van der Waals surface area contributed by atoms with Crippen LogP contribution in [0.3, 0.4) is 0 Å². The van der Waals surface area contributed by atoms with E-state index in [-0.39, 0.29) is 11.8 Å². The number of aryl methyl sites for hydroxylation is 1. The van der Waals surface area contributed by atoms with Gasteiger partial charge in [-0.05, 0) is 35.0 Å². The summed E-state index contributed by atoms with van der Waals surface area (Å²) in [6.07, 6.45) is 1.80. The molecule has 2 heterocycles. The van der Waals surface area contributed by atoms with Crippen LogP contribution >= 0.6 is 15.9 Å². The fraction of sp³-hybridized carbons (Fsp3) is 0.308. The predicted molar refractivity (Wildman–Crippen MR) is 78.6 cm³/mol. The van der Waals surface area contributed by atoms with E-state index in [2.05, 4.69) is 31.5 Å². The van der Waals surface area contributed by atoms with Gasteiger partial charge in [-0.2, -0.15) is 0 Å².